The summed E-state index contributed by atoms with van der Waals surface area (Å²) in [6.45, 7) is 26.9. The van der Waals surface area contributed by atoms with Crippen LogP contribution in [-0.4, -0.2) is 0 Å². The Morgan fingerprint density at radius 1 is 0.324 bits per heavy atom. The summed E-state index contributed by atoms with van der Waals surface area (Å²) >= 11 is 0. The van der Waals surface area contributed by atoms with Gasteiger partial charge >= 0.3 is 0 Å². The highest BCUT2D eigenvalue weighted by molar-refractivity contribution is 5.32. The molecule has 0 heteroatoms. The van der Waals surface area contributed by atoms with Gasteiger partial charge in [0.2, 0.25) is 0 Å². The summed E-state index contributed by atoms with van der Waals surface area (Å²) in [5.41, 5.74) is 8.74. The molecule has 37 heavy (non-hydrogen) atoms. The Hall–Kier alpha value is -2.34. The van der Waals surface area contributed by atoms with Crippen molar-refractivity contribution in [2.75, 3.05) is 0 Å². The zero-order chi connectivity index (χ0) is 27.4. The quantitative estimate of drug-likeness (QED) is 0.314. The summed E-state index contributed by atoms with van der Waals surface area (Å²) in [6, 6.07) is 26.6. The van der Waals surface area contributed by atoms with Crippen LogP contribution >= 0.6 is 0 Å². The number of benzene rings is 3. The minimum absolute atomic E-state index is 0. The first kappa shape index (κ1) is 34.7. The van der Waals surface area contributed by atoms with E-state index >= 15 is 0 Å². The summed E-state index contributed by atoms with van der Waals surface area (Å²) in [7, 11) is 0. The molecule has 0 atom stereocenters. The van der Waals surface area contributed by atoms with Crippen LogP contribution in [0.5, 0.6) is 0 Å². The Balaban J connectivity index is 0.000000518. The van der Waals surface area contributed by atoms with Gasteiger partial charge in [-0.05, 0) is 68.9 Å². The summed E-state index contributed by atoms with van der Waals surface area (Å²) in [4.78, 5) is 0. The normalized spacial score (nSPS) is 10.9. The van der Waals surface area contributed by atoms with E-state index in [9.17, 15) is 0 Å². The summed E-state index contributed by atoms with van der Waals surface area (Å²) in [5.74, 6) is 3.86. The van der Waals surface area contributed by atoms with Crippen LogP contribution in [0.2, 0.25) is 0 Å². The molecule has 206 valence electrons. The Kier molecular flexibility index (Phi) is 16.1. The third-order valence-electron chi connectivity index (χ3n) is 6.75. The average molecular weight is 503 g/mol. The zero-order valence-corrected chi connectivity index (χ0v) is 25.4. The van der Waals surface area contributed by atoms with Gasteiger partial charge < -0.3 is 0 Å². The minimum atomic E-state index is 0. The molecule has 3 aromatic rings. The van der Waals surface area contributed by atoms with Gasteiger partial charge in [-0.3, -0.25) is 0 Å². The lowest BCUT2D eigenvalue weighted by atomic mass is 9.91. The maximum absolute atomic E-state index is 2.31. The van der Waals surface area contributed by atoms with E-state index in [2.05, 4.69) is 156 Å². The van der Waals surface area contributed by atoms with Gasteiger partial charge in [0.1, 0.15) is 0 Å². The molecule has 0 saturated heterocycles. The van der Waals surface area contributed by atoms with Crippen LogP contribution in [0, 0.1) is 0 Å². The minimum Gasteiger partial charge on any atom is -0.0776 e. The number of hydrogen-bond donors (Lipinski definition) is 0. The van der Waals surface area contributed by atoms with E-state index < -0.39 is 0 Å². The highest BCUT2D eigenvalue weighted by atomic mass is 14.1. The van der Waals surface area contributed by atoms with Crippen molar-refractivity contribution in [1.82, 2.24) is 0 Å². The van der Waals surface area contributed by atoms with E-state index in [-0.39, 0.29) is 7.43 Å². The fraction of sp³-hybridized carbons (Fsp3) is 0.514. The standard InChI is InChI=1S/3C12H18.CH4/c1-9(2)11-5-7-12(8-6-11)10(3)4;1-9(2)11-6-5-7-12(8-11)10(3)4;1-9(2)11-7-5-6-8-12(11)10(3)4;/h3*5-10H,1-4H3;1H4. The molecule has 0 fully saturated rings. The van der Waals surface area contributed by atoms with Gasteiger partial charge in [0.15, 0.2) is 0 Å². The van der Waals surface area contributed by atoms with Crippen LogP contribution < -0.4 is 0 Å². The molecule has 0 heterocycles. The van der Waals surface area contributed by atoms with Crippen LogP contribution in [0.3, 0.4) is 0 Å². The molecule has 0 aliphatic heterocycles. The Morgan fingerprint density at radius 2 is 0.622 bits per heavy atom. The van der Waals surface area contributed by atoms with Crippen molar-refractivity contribution < 1.29 is 0 Å². The van der Waals surface area contributed by atoms with E-state index in [0.717, 1.165) is 0 Å². The van der Waals surface area contributed by atoms with Gasteiger partial charge in [0, 0.05) is 0 Å². The maximum atomic E-state index is 2.31. The molecule has 0 unspecified atom stereocenters. The second-order valence-electron chi connectivity index (χ2n) is 11.9. The average Bonchev–Trinajstić information content (AvgIpc) is 2.84. The Morgan fingerprint density at radius 3 is 0.865 bits per heavy atom. The van der Waals surface area contributed by atoms with Crippen LogP contribution in [0.4, 0.5) is 0 Å². The zero-order valence-electron chi connectivity index (χ0n) is 25.4. The molecule has 0 saturated carbocycles. The lowest BCUT2D eigenvalue weighted by Crippen LogP contribution is -1.97. The fourth-order valence-corrected chi connectivity index (χ4v) is 4.11. The lowest BCUT2D eigenvalue weighted by molar-refractivity contribution is 0.790. The molecule has 0 radical (unpaired) electrons. The van der Waals surface area contributed by atoms with E-state index in [1.807, 2.05) is 0 Å². The maximum Gasteiger partial charge on any atom is -0.0216 e. The van der Waals surface area contributed by atoms with Crippen LogP contribution in [0.1, 0.15) is 159 Å². The van der Waals surface area contributed by atoms with Crippen molar-refractivity contribution in [1.29, 1.82) is 0 Å². The van der Waals surface area contributed by atoms with E-state index in [0.29, 0.717) is 35.5 Å². The van der Waals surface area contributed by atoms with Crippen molar-refractivity contribution in [3.8, 4) is 0 Å². The van der Waals surface area contributed by atoms with E-state index in [1.165, 1.54) is 33.4 Å². The topological polar surface area (TPSA) is 0 Å². The molecular weight excluding hydrogens is 444 g/mol. The molecular formula is C37H58. The SMILES string of the molecule is C.CC(C)c1ccc(C(C)C)cc1.CC(C)c1cccc(C(C)C)c1.CC(C)c1ccccc1C(C)C. The smallest absolute Gasteiger partial charge is 0.0216 e. The second-order valence-corrected chi connectivity index (χ2v) is 11.9. The first-order valence-electron chi connectivity index (χ1n) is 14.1. The van der Waals surface area contributed by atoms with Crippen molar-refractivity contribution in [3.05, 3.63) is 106 Å². The third-order valence-corrected chi connectivity index (χ3v) is 6.75. The molecule has 0 aromatic heterocycles. The number of rotatable bonds is 6. The van der Waals surface area contributed by atoms with Gasteiger partial charge in [0.05, 0.1) is 0 Å². The predicted octanol–water partition coefficient (Wildman–Crippen LogP) is 12.4. The molecule has 0 nitrogen and oxygen atoms in total. The Labute approximate surface area is 231 Å². The Bertz CT molecular complexity index is 907. The molecule has 3 aromatic carbocycles. The molecule has 0 aliphatic rings. The molecule has 0 N–H and O–H groups in total. The largest absolute Gasteiger partial charge is 0.0776 e. The second kappa shape index (κ2) is 17.2. The molecule has 0 amide bonds. The van der Waals surface area contributed by atoms with E-state index in [1.54, 1.807) is 0 Å². The van der Waals surface area contributed by atoms with Gasteiger partial charge in [-0.15, -0.1) is 0 Å². The summed E-state index contributed by atoms with van der Waals surface area (Å²) < 4.78 is 0. The summed E-state index contributed by atoms with van der Waals surface area (Å²) in [5, 5.41) is 0. The van der Waals surface area contributed by atoms with Gasteiger partial charge in [-0.1, -0.05) is 163 Å². The van der Waals surface area contributed by atoms with Crippen molar-refractivity contribution >= 4 is 0 Å². The predicted molar refractivity (Wildman–Crippen MR) is 171 cm³/mol. The monoisotopic (exact) mass is 502 g/mol. The fourth-order valence-electron chi connectivity index (χ4n) is 4.11. The van der Waals surface area contributed by atoms with E-state index in [4.69, 9.17) is 0 Å². The lowest BCUT2D eigenvalue weighted by Gasteiger charge is -2.14. The molecule has 0 aliphatic carbocycles. The summed E-state index contributed by atoms with van der Waals surface area (Å²) in [6.07, 6.45) is 0. The van der Waals surface area contributed by atoms with Gasteiger partial charge in [-0.2, -0.15) is 0 Å². The molecule has 0 bridgehead atoms. The number of hydrogen-bond acceptors (Lipinski definition) is 0. The van der Waals surface area contributed by atoms with Crippen LogP contribution in [0.15, 0.2) is 72.8 Å². The first-order valence-corrected chi connectivity index (χ1v) is 14.1. The van der Waals surface area contributed by atoms with Crippen molar-refractivity contribution in [2.24, 2.45) is 0 Å². The third kappa shape index (κ3) is 12.2. The molecule has 3 rings (SSSR count). The molecule has 0 spiro atoms. The van der Waals surface area contributed by atoms with Crippen molar-refractivity contribution in [3.63, 3.8) is 0 Å². The highest BCUT2D eigenvalue weighted by Crippen LogP contribution is 2.25. The highest BCUT2D eigenvalue weighted by Gasteiger charge is 2.07. The van der Waals surface area contributed by atoms with Gasteiger partial charge in [0.25, 0.3) is 0 Å². The van der Waals surface area contributed by atoms with Crippen molar-refractivity contribution in [2.45, 2.75) is 126 Å². The van der Waals surface area contributed by atoms with Gasteiger partial charge in [-0.25, -0.2) is 0 Å². The van der Waals surface area contributed by atoms with Crippen LogP contribution in [-0.2, 0) is 0 Å². The van der Waals surface area contributed by atoms with Crippen LogP contribution in [0.25, 0.3) is 0 Å². The first-order chi connectivity index (χ1) is 16.8.